The van der Waals surface area contributed by atoms with Gasteiger partial charge in [0.05, 0.1) is 17.7 Å². The van der Waals surface area contributed by atoms with Gasteiger partial charge in [-0.15, -0.1) is 11.3 Å². The molecule has 0 radical (unpaired) electrons. The number of amides is 2. The zero-order valence-electron chi connectivity index (χ0n) is 10.8. The number of hydrogen-bond acceptors (Lipinski definition) is 4. The minimum atomic E-state index is 0.0361. The lowest BCUT2D eigenvalue weighted by Crippen LogP contribution is -2.47. The van der Waals surface area contributed by atoms with E-state index in [9.17, 15) is 4.79 Å². The van der Waals surface area contributed by atoms with Gasteiger partial charge in [0.2, 0.25) is 0 Å². The van der Waals surface area contributed by atoms with E-state index in [2.05, 4.69) is 24.1 Å². The highest BCUT2D eigenvalue weighted by Crippen LogP contribution is 2.24. The molecule has 1 aliphatic rings. The third kappa shape index (κ3) is 3.62. The summed E-state index contributed by atoms with van der Waals surface area (Å²) in [6.07, 6.45) is 0. The van der Waals surface area contributed by atoms with E-state index in [0.29, 0.717) is 17.7 Å². The molecule has 4 nitrogen and oxygen atoms in total. The Kier molecular flexibility index (Phi) is 4.88. The monoisotopic (exact) mass is 285 g/mol. The standard InChI is InChI=1S/C12H19N3OS2/c1-9(2)11-6-15(3-4-18-11)12(16)13-5-10-7-17-8-14-10/h7-9,11H,3-6H2,1-2H3,(H,13,16). The zero-order chi connectivity index (χ0) is 13.0. The van der Waals surface area contributed by atoms with E-state index in [1.807, 2.05) is 22.0 Å². The number of nitrogens with zero attached hydrogens (tertiary/aromatic N) is 2. The van der Waals surface area contributed by atoms with Gasteiger partial charge in [0.15, 0.2) is 0 Å². The molecule has 1 N–H and O–H groups in total. The molecule has 0 spiro atoms. The van der Waals surface area contributed by atoms with Crippen molar-refractivity contribution in [1.29, 1.82) is 0 Å². The van der Waals surface area contributed by atoms with Crippen LogP contribution in [-0.2, 0) is 6.54 Å². The van der Waals surface area contributed by atoms with Crippen LogP contribution in [0.4, 0.5) is 4.79 Å². The van der Waals surface area contributed by atoms with Gasteiger partial charge in [-0.3, -0.25) is 0 Å². The quantitative estimate of drug-likeness (QED) is 0.927. The summed E-state index contributed by atoms with van der Waals surface area (Å²) in [5.41, 5.74) is 2.72. The normalized spacial score (nSPS) is 20.2. The first kappa shape index (κ1) is 13.7. The van der Waals surface area contributed by atoms with Crippen molar-refractivity contribution < 1.29 is 4.79 Å². The zero-order valence-corrected chi connectivity index (χ0v) is 12.4. The van der Waals surface area contributed by atoms with Crippen molar-refractivity contribution in [3.05, 3.63) is 16.6 Å². The number of rotatable bonds is 3. The molecule has 0 aliphatic carbocycles. The van der Waals surface area contributed by atoms with Gasteiger partial charge in [-0.05, 0) is 5.92 Å². The van der Waals surface area contributed by atoms with Gasteiger partial charge in [0, 0.05) is 29.5 Å². The molecule has 1 atom stereocenters. The van der Waals surface area contributed by atoms with E-state index in [4.69, 9.17) is 0 Å². The molecule has 2 amide bonds. The first-order chi connectivity index (χ1) is 8.66. The molecule has 2 heterocycles. The summed E-state index contributed by atoms with van der Waals surface area (Å²) in [6.45, 7) is 6.66. The molecular weight excluding hydrogens is 266 g/mol. The second-order valence-corrected chi connectivity index (χ2v) is 6.80. The van der Waals surface area contributed by atoms with Crippen LogP contribution in [0.1, 0.15) is 19.5 Å². The lowest BCUT2D eigenvalue weighted by Gasteiger charge is -2.34. The Morgan fingerprint density at radius 1 is 1.67 bits per heavy atom. The lowest BCUT2D eigenvalue weighted by molar-refractivity contribution is 0.196. The summed E-state index contributed by atoms with van der Waals surface area (Å²) in [5, 5.41) is 5.46. The van der Waals surface area contributed by atoms with Crippen molar-refractivity contribution in [2.75, 3.05) is 18.8 Å². The summed E-state index contributed by atoms with van der Waals surface area (Å²) in [7, 11) is 0. The highest BCUT2D eigenvalue weighted by molar-refractivity contribution is 8.00. The molecule has 1 aromatic rings. The molecule has 1 saturated heterocycles. The highest BCUT2D eigenvalue weighted by atomic mass is 32.2. The Morgan fingerprint density at radius 3 is 3.17 bits per heavy atom. The molecule has 6 heteroatoms. The predicted molar refractivity (Wildman–Crippen MR) is 77.0 cm³/mol. The third-order valence-electron chi connectivity index (χ3n) is 3.03. The number of nitrogens with one attached hydrogen (secondary N) is 1. The Balaban J connectivity index is 1.81. The number of hydrogen-bond donors (Lipinski definition) is 1. The van der Waals surface area contributed by atoms with Gasteiger partial charge < -0.3 is 10.2 Å². The van der Waals surface area contributed by atoms with Crippen LogP contribution in [0.15, 0.2) is 10.9 Å². The van der Waals surface area contributed by atoms with Gasteiger partial charge >= 0.3 is 6.03 Å². The number of urea groups is 1. The molecule has 1 aliphatic heterocycles. The van der Waals surface area contributed by atoms with Crippen molar-refractivity contribution in [2.24, 2.45) is 5.92 Å². The van der Waals surface area contributed by atoms with Crippen LogP contribution >= 0.6 is 23.1 Å². The van der Waals surface area contributed by atoms with Crippen molar-refractivity contribution in [2.45, 2.75) is 25.6 Å². The van der Waals surface area contributed by atoms with Crippen LogP contribution < -0.4 is 5.32 Å². The van der Waals surface area contributed by atoms with E-state index >= 15 is 0 Å². The molecule has 100 valence electrons. The minimum absolute atomic E-state index is 0.0361. The first-order valence-corrected chi connectivity index (χ1v) is 8.17. The lowest BCUT2D eigenvalue weighted by atomic mass is 10.1. The molecule has 0 aromatic carbocycles. The summed E-state index contributed by atoms with van der Waals surface area (Å²) in [4.78, 5) is 18.1. The molecule has 1 unspecified atom stereocenters. The Hall–Kier alpha value is -0.750. The summed E-state index contributed by atoms with van der Waals surface area (Å²) in [5.74, 6) is 1.65. The van der Waals surface area contributed by atoms with Crippen LogP contribution in [-0.4, -0.2) is 40.0 Å². The van der Waals surface area contributed by atoms with Crippen LogP contribution in [0.3, 0.4) is 0 Å². The van der Waals surface area contributed by atoms with Gasteiger partial charge in [0.1, 0.15) is 0 Å². The van der Waals surface area contributed by atoms with Gasteiger partial charge in [-0.25, -0.2) is 9.78 Å². The van der Waals surface area contributed by atoms with Crippen molar-refractivity contribution >= 4 is 29.1 Å². The number of thioether (sulfide) groups is 1. The van der Waals surface area contributed by atoms with E-state index in [-0.39, 0.29) is 6.03 Å². The molecular formula is C12H19N3OS2. The minimum Gasteiger partial charge on any atom is -0.332 e. The Labute approximate surface area is 116 Å². The smallest absolute Gasteiger partial charge is 0.317 e. The van der Waals surface area contributed by atoms with E-state index in [1.54, 1.807) is 16.8 Å². The maximum Gasteiger partial charge on any atom is 0.317 e. The summed E-state index contributed by atoms with van der Waals surface area (Å²) < 4.78 is 0. The molecule has 0 bridgehead atoms. The second-order valence-electron chi connectivity index (χ2n) is 4.74. The number of carbonyl (C=O) groups excluding carboxylic acids is 1. The SMILES string of the molecule is CC(C)C1CN(C(=O)NCc2cscn2)CCS1. The number of carbonyl (C=O) groups is 1. The van der Waals surface area contributed by atoms with Gasteiger partial charge in [0.25, 0.3) is 0 Å². The molecule has 18 heavy (non-hydrogen) atoms. The van der Waals surface area contributed by atoms with Crippen LogP contribution in [0.25, 0.3) is 0 Å². The van der Waals surface area contributed by atoms with E-state index < -0.39 is 0 Å². The highest BCUT2D eigenvalue weighted by Gasteiger charge is 2.25. The Morgan fingerprint density at radius 2 is 2.50 bits per heavy atom. The van der Waals surface area contributed by atoms with Gasteiger partial charge in [-0.2, -0.15) is 11.8 Å². The third-order valence-corrected chi connectivity index (χ3v) is 5.20. The maximum atomic E-state index is 12.0. The number of aromatic nitrogens is 1. The molecule has 1 aromatic heterocycles. The van der Waals surface area contributed by atoms with Crippen molar-refractivity contribution in [3.8, 4) is 0 Å². The Bertz CT molecular complexity index is 381. The maximum absolute atomic E-state index is 12.0. The van der Waals surface area contributed by atoms with Crippen molar-refractivity contribution in [1.82, 2.24) is 15.2 Å². The van der Waals surface area contributed by atoms with Crippen molar-refractivity contribution in [3.63, 3.8) is 0 Å². The van der Waals surface area contributed by atoms with E-state index in [0.717, 1.165) is 24.5 Å². The molecule has 2 rings (SSSR count). The molecule has 0 saturated carbocycles. The van der Waals surface area contributed by atoms with Crippen LogP contribution in [0, 0.1) is 5.92 Å². The largest absolute Gasteiger partial charge is 0.332 e. The average molecular weight is 285 g/mol. The fraction of sp³-hybridized carbons (Fsp3) is 0.667. The topological polar surface area (TPSA) is 45.2 Å². The fourth-order valence-electron chi connectivity index (χ4n) is 1.87. The number of thiazole rings is 1. The van der Waals surface area contributed by atoms with Crippen LogP contribution in [0.2, 0.25) is 0 Å². The second kappa shape index (κ2) is 6.43. The molecule has 1 fully saturated rings. The summed E-state index contributed by atoms with van der Waals surface area (Å²) >= 11 is 3.53. The van der Waals surface area contributed by atoms with Gasteiger partial charge in [-0.1, -0.05) is 13.8 Å². The summed E-state index contributed by atoms with van der Waals surface area (Å²) in [6, 6.07) is 0.0361. The van der Waals surface area contributed by atoms with E-state index in [1.165, 1.54) is 0 Å². The first-order valence-electron chi connectivity index (χ1n) is 6.18. The predicted octanol–water partition coefficient (Wildman–Crippen LogP) is 2.43. The average Bonchev–Trinajstić information content (AvgIpc) is 2.89. The van der Waals surface area contributed by atoms with Crippen LogP contribution in [0.5, 0.6) is 0 Å². The fourth-order valence-corrected chi connectivity index (χ4v) is 3.72.